The van der Waals surface area contributed by atoms with Crippen LogP contribution < -0.4 is 14.8 Å². The number of anilines is 1. The van der Waals surface area contributed by atoms with Gasteiger partial charge >= 0.3 is 0 Å². The van der Waals surface area contributed by atoms with Crippen molar-refractivity contribution in [2.45, 2.75) is 20.1 Å². The van der Waals surface area contributed by atoms with Gasteiger partial charge in [-0.1, -0.05) is 47.5 Å². The zero-order chi connectivity index (χ0) is 19.2. The minimum Gasteiger partial charge on any atom is -0.493 e. The first-order valence-electron chi connectivity index (χ1n) is 8.60. The van der Waals surface area contributed by atoms with Crippen molar-refractivity contribution in [2.24, 2.45) is 0 Å². The standard InChI is InChI=1S/C22H21ClFNO2/c1-15-7-9-18(10-8-15)25-13-16-11-19(23)22(21(12-16)26-2)27-14-17-5-3-4-6-20(17)24/h3-12,25H,13-14H2,1-2H3. The molecule has 0 unspecified atom stereocenters. The number of methoxy groups -OCH3 is 1. The molecule has 3 nitrogen and oxygen atoms in total. The molecule has 0 atom stereocenters. The molecule has 140 valence electrons. The van der Waals surface area contributed by atoms with Crippen LogP contribution >= 0.6 is 11.6 Å². The van der Waals surface area contributed by atoms with Gasteiger partial charge in [0.25, 0.3) is 0 Å². The van der Waals surface area contributed by atoms with Crippen molar-refractivity contribution >= 4 is 17.3 Å². The Labute approximate surface area is 163 Å². The molecule has 0 saturated heterocycles. The van der Waals surface area contributed by atoms with Crippen molar-refractivity contribution in [1.82, 2.24) is 0 Å². The van der Waals surface area contributed by atoms with Gasteiger partial charge in [0.05, 0.1) is 12.1 Å². The molecule has 0 saturated carbocycles. The van der Waals surface area contributed by atoms with Crippen LogP contribution in [0.3, 0.4) is 0 Å². The van der Waals surface area contributed by atoms with E-state index in [1.807, 2.05) is 24.3 Å². The number of nitrogens with one attached hydrogen (secondary N) is 1. The smallest absolute Gasteiger partial charge is 0.180 e. The van der Waals surface area contributed by atoms with Crippen LogP contribution in [0.5, 0.6) is 11.5 Å². The molecule has 3 rings (SSSR count). The van der Waals surface area contributed by atoms with Crippen LogP contribution in [-0.4, -0.2) is 7.11 Å². The van der Waals surface area contributed by atoms with Crippen LogP contribution in [0.25, 0.3) is 0 Å². The highest BCUT2D eigenvalue weighted by Gasteiger charge is 2.13. The number of aryl methyl sites for hydroxylation is 1. The summed E-state index contributed by atoms with van der Waals surface area (Å²) in [5.41, 5.74) is 3.65. The van der Waals surface area contributed by atoms with Gasteiger partial charge < -0.3 is 14.8 Å². The van der Waals surface area contributed by atoms with Crippen LogP contribution in [-0.2, 0) is 13.2 Å². The largest absolute Gasteiger partial charge is 0.493 e. The van der Waals surface area contributed by atoms with E-state index in [2.05, 4.69) is 24.4 Å². The lowest BCUT2D eigenvalue weighted by Gasteiger charge is -2.15. The van der Waals surface area contributed by atoms with Gasteiger partial charge in [0.2, 0.25) is 0 Å². The van der Waals surface area contributed by atoms with Crippen molar-refractivity contribution in [2.75, 3.05) is 12.4 Å². The second kappa shape index (κ2) is 8.78. The van der Waals surface area contributed by atoms with E-state index in [0.29, 0.717) is 28.6 Å². The minimum absolute atomic E-state index is 0.0731. The molecular weight excluding hydrogens is 365 g/mol. The summed E-state index contributed by atoms with van der Waals surface area (Å²) in [6.45, 7) is 2.71. The lowest BCUT2D eigenvalue weighted by atomic mass is 10.1. The Kier molecular flexibility index (Phi) is 6.20. The summed E-state index contributed by atoms with van der Waals surface area (Å²) in [6, 6.07) is 18.3. The van der Waals surface area contributed by atoms with Crippen molar-refractivity contribution in [1.29, 1.82) is 0 Å². The van der Waals surface area contributed by atoms with Crippen molar-refractivity contribution in [3.05, 3.63) is 88.2 Å². The van der Waals surface area contributed by atoms with Crippen molar-refractivity contribution < 1.29 is 13.9 Å². The summed E-state index contributed by atoms with van der Waals surface area (Å²) in [4.78, 5) is 0. The maximum atomic E-state index is 13.8. The highest BCUT2D eigenvalue weighted by atomic mass is 35.5. The number of hydrogen-bond donors (Lipinski definition) is 1. The van der Waals surface area contributed by atoms with E-state index in [-0.39, 0.29) is 12.4 Å². The predicted octanol–water partition coefficient (Wildman–Crippen LogP) is 5.99. The molecule has 0 spiro atoms. The molecule has 0 fully saturated rings. The zero-order valence-electron chi connectivity index (χ0n) is 15.3. The third-order valence-corrected chi connectivity index (χ3v) is 4.45. The maximum absolute atomic E-state index is 13.8. The van der Waals surface area contributed by atoms with E-state index in [9.17, 15) is 4.39 Å². The van der Waals surface area contributed by atoms with Crippen LogP contribution in [0, 0.1) is 12.7 Å². The van der Waals surface area contributed by atoms with Gasteiger partial charge in [-0.25, -0.2) is 4.39 Å². The molecular formula is C22H21ClFNO2. The molecule has 3 aromatic carbocycles. The molecule has 0 aliphatic carbocycles. The highest BCUT2D eigenvalue weighted by Crippen LogP contribution is 2.37. The molecule has 0 bridgehead atoms. The average molecular weight is 386 g/mol. The van der Waals surface area contributed by atoms with Crippen molar-refractivity contribution in [3.63, 3.8) is 0 Å². The van der Waals surface area contributed by atoms with Crippen LogP contribution in [0.15, 0.2) is 60.7 Å². The molecule has 0 amide bonds. The number of halogens is 2. The fourth-order valence-electron chi connectivity index (χ4n) is 2.66. The fraction of sp³-hybridized carbons (Fsp3) is 0.182. The van der Waals surface area contributed by atoms with E-state index < -0.39 is 0 Å². The molecule has 1 N–H and O–H groups in total. The molecule has 0 heterocycles. The lowest BCUT2D eigenvalue weighted by Crippen LogP contribution is -2.03. The third kappa shape index (κ3) is 4.92. The second-order valence-electron chi connectivity index (χ2n) is 6.21. The fourth-order valence-corrected chi connectivity index (χ4v) is 2.94. The first-order valence-corrected chi connectivity index (χ1v) is 8.98. The highest BCUT2D eigenvalue weighted by molar-refractivity contribution is 6.32. The monoisotopic (exact) mass is 385 g/mol. The molecule has 0 aromatic heterocycles. The van der Waals surface area contributed by atoms with Gasteiger partial charge in [0.1, 0.15) is 12.4 Å². The van der Waals surface area contributed by atoms with Crippen LogP contribution in [0.4, 0.5) is 10.1 Å². The molecule has 27 heavy (non-hydrogen) atoms. The number of benzene rings is 3. The number of rotatable bonds is 7. The van der Waals surface area contributed by atoms with Gasteiger partial charge in [-0.3, -0.25) is 0 Å². The molecule has 0 aliphatic rings. The molecule has 3 aromatic rings. The Morgan fingerprint density at radius 3 is 2.48 bits per heavy atom. The van der Waals surface area contributed by atoms with E-state index in [1.165, 1.54) is 11.6 Å². The molecule has 0 radical (unpaired) electrons. The maximum Gasteiger partial charge on any atom is 0.180 e. The minimum atomic E-state index is -0.313. The lowest BCUT2D eigenvalue weighted by molar-refractivity contribution is 0.280. The van der Waals surface area contributed by atoms with Gasteiger partial charge in [0.15, 0.2) is 11.5 Å². The second-order valence-corrected chi connectivity index (χ2v) is 6.62. The van der Waals surface area contributed by atoms with Crippen LogP contribution in [0.1, 0.15) is 16.7 Å². The van der Waals surface area contributed by atoms with E-state index >= 15 is 0 Å². The Balaban J connectivity index is 1.72. The topological polar surface area (TPSA) is 30.5 Å². The summed E-state index contributed by atoms with van der Waals surface area (Å²) in [5.74, 6) is 0.604. The third-order valence-electron chi connectivity index (χ3n) is 4.17. The zero-order valence-corrected chi connectivity index (χ0v) is 16.0. The first kappa shape index (κ1) is 19.1. The summed E-state index contributed by atoms with van der Waals surface area (Å²) in [7, 11) is 1.55. The Bertz CT molecular complexity index is 913. The summed E-state index contributed by atoms with van der Waals surface area (Å²) >= 11 is 6.40. The van der Waals surface area contributed by atoms with Gasteiger partial charge in [-0.2, -0.15) is 0 Å². The molecule has 5 heteroatoms. The van der Waals surface area contributed by atoms with E-state index in [4.69, 9.17) is 21.1 Å². The number of hydrogen-bond acceptors (Lipinski definition) is 3. The predicted molar refractivity (Wildman–Crippen MR) is 107 cm³/mol. The Hall–Kier alpha value is -2.72. The van der Waals surface area contributed by atoms with E-state index in [1.54, 1.807) is 25.3 Å². The average Bonchev–Trinajstić information content (AvgIpc) is 2.67. The Morgan fingerprint density at radius 1 is 1.04 bits per heavy atom. The number of ether oxygens (including phenoxy) is 2. The van der Waals surface area contributed by atoms with Gasteiger partial charge in [-0.15, -0.1) is 0 Å². The van der Waals surface area contributed by atoms with Crippen LogP contribution in [0.2, 0.25) is 5.02 Å². The molecule has 0 aliphatic heterocycles. The van der Waals surface area contributed by atoms with Crippen molar-refractivity contribution in [3.8, 4) is 11.5 Å². The quantitative estimate of drug-likeness (QED) is 0.542. The normalized spacial score (nSPS) is 10.5. The Morgan fingerprint density at radius 2 is 1.78 bits per heavy atom. The van der Waals surface area contributed by atoms with Gasteiger partial charge in [0, 0.05) is 17.8 Å². The summed E-state index contributed by atoms with van der Waals surface area (Å²) < 4.78 is 24.9. The SMILES string of the molecule is COc1cc(CNc2ccc(C)cc2)cc(Cl)c1OCc1ccccc1F. The van der Waals surface area contributed by atoms with Gasteiger partial charge in [-0.05, 0) is 42.8 Å². The summed E-state index contributed by atoms with van der Waals surface area (Å²) in [5, 5.41) is 3.77. The first-order chi connectivity index (χ1) is 13.1. The summed E-state index contributed by atoms with van der Waals surface area (Å²) in [6.07, 6.45) is 0. The van der Waals surface area contributed by atoms with E-state index in [0.717, 1.165) is 11.3 Å².